The maximum absolute atomic E-state index is 6.14. The van der Waals surface area contributed by atoms with Crippen molar-refractivity contribution in [3.63, 3.8) is 0 Å². The molecule has 2 nitrogen and oxygen atoms in total. The highest BCUT2D eigenvalue weighted by Gasteiger charge is 2.19. The molecule has 0 spiro atoms. The van der Waals surface area contributed by atoms with E-state index in [1.54, 1.807) is 0 Å². The Morgan fingerprint density at radius 1 is 1.25 bits per heavy atom. The molecule has 112 valence electrons. The van der Waals surface area contributed by atoms with E-state index in [0.29, 0.717) is 12.1 Å². The Balaban J connectivity index is 2.01. The molecule has 0 aromatic heterocycles. The van der Waals surface area contributed by atoms with Gasteiger partial charge >= 0.3 is 0 Å². The molecule has 1 aromatic carbocycles. The number of nitrogens with one attached hydrogen (secondary N) is 1. The summed E-state index contributed by atoms with van der Waals surface area (Å²) in [6.45, 7) is 8.42. The zero-order valence-corrected chi connectivity index (χ0v) is 13.2. The fourth-order valence-electron chi connectivity index (χ4n) is 3.08. The lowest BCUT2D eigenvalue weighted by molar-refractivity contribution is 0.0425. The van der Waals surface area contributed by atoms with Crippen molar-refractivity contribution >= 4 is 0 Å². The SMILES string of the molecule is CCCNC(COC1CCCC1)c1ccc(C)cc1C. The van der Waals surface area contributed by atoms with Crippen LogP contribution in [-0.2, 0) is 4.74 Å². The van der Waals surface area contributed by atoms with Crippen LogP contribution < -0.4 is 5.32 Å². The first-order valence-electron chi connectivity index (χ1n) is 8.13. The van der Waals surface area contributed by atoms with Crippen molar-refractivity contribution in [2.24, 2.45) is 0 Å². The molecule has 1 aromatic rings. The van der Waals surface area contributed by atoms with Gasteiger partial charge in [0.15, 0.2) is 0 Å². The number of ether oxygens (including phenoxy) is 1. The summed E-state index contributed by atoms with van der Waals surface area (Å²) in [6.07, 6.45) is 6.81. The molecule has 20 heavy (non-hydrogen) atoms. The molecule has 0 radical (unpaired) electrons. The van der Waals surface area contributed by atoms with Crippen LogP contribution in [0.15, 0.2) is 18.2 Å². The first kappa shape index (κ1) is 15.5. The van der Waals surface area contributed by atoms with Gasteiger partial charge in [0.25, 0.3) is 0 Å². The van der Waals surface area contributed by atoms with Gasteiger partial charge in [0.1, 0.15) is 0 Å². The van der Waals surface area contributed by atoms with E-state index >= 15 is 0 Å². The highest BCUT2D eigenvalue weighted by molar-refractivity contribution is 5.32. The quantitative estimate of drug-likeness (QED) is 0.801. The first-order valence-corrected chi connectivity index (χ1v) is 8.13. The van der Waals surface area contributed by atoms with Crippen LogP contribution in [0.3, 0.4) is 0 Å². The molecule has 1 N–H and O–H groups in total. The van der Waals surface area contributed by atoms with E-state index in [9.17, 15) is 0 Å². The molecule has 1 saturated carbocycles. The summed E-state index contributed by atoms with van der Waals surface area (Å²) >= 11 is 0. The van der Waals surface area contributed by atoms with Crippen molar-refractivity contribution in [3.8, 4) is 0 Å². The maximum Gasteiger partial charge on any atom is 0.0665 e. The Labute approximate surface area is 123 Å². The second-order valence-corrected chi connectivity index (χ2v) is 6.11. The second kappa shape index (κ2) is 7.80. The van der Waals surface area contributed by atoms with Crippen LogP contribution >= 0.6 is 0 Å². The van der Waals surface area contributed by atoms with E-state index in [0.717, 1.165) is 19.6 Å². The third kappa shape index (κ3) is 4.32. The van der Waals surface area contributed by atoms with Crippen molar-refractivity contribution in [1.82, 2.24) is 5.32 Å². The monoisotopic (exact) mass is 275 g/mol. The minimum absolute atomic E-state index is 0.330. The average Bonchev–Trinajstić information content (AvgIpc) is 2.93. The molecule has 1 atom stereocenters. The summed E-state index contributed by atoms with van der Waals surface area (Å²) in [5.41, 5.74) is 4.09. The van der Waals surface area contributed by atoms with Crippen LogP contribution in [0.4, 0.5) is 0 Å². The van der Waals surface area contributed by atoms with E-state index in [1.807, 2.05) is 0 Å². The molecule has 0 saturated heterocycles. The summed E-state index contributed by atoms with van der Waals surface area (Å²) in [4.78, 5) is 0. The van der Waals surface area contributed by atoms with Crippen LogP contribution in [0.5, 0.6) is 0 Å². The molecule has 0 bridgehead atoms. The number of benzene rings is 1. The Morgan fingerprint density at radius 2 is 2.00 bits per heavy atom. The van der Waals surface area contributed by atoms with E-state index in [-0.39, 0.29) is 0 Å². The standard InChI is InChI=1S/C18H29NO/c1-4-11-19-18(13-20-16-7-5-6-8-16)17-10-9-14(2)12-15(17)3/h9-10,12,16,18-19H,4-8,11,13H2,1-3H3. The average molecular weight is 275 g/mol. The highest BCUT2D eigenvalue weighted by Crippen LogP contribution is 2.24. The molecule has 0 heterocycles. The number of hydrogen-bond acceptors (Lipinski definition) is 2. The van der Waals surface area contributed by atoms with Crippen molar-refractivity contribution in [2.75, 3.05) is 13.2 Å². The molecule has 0 amide bonds. The van der Waals surface area contributed by atoms with Crippen molar-refractivity contribution in [2.45, 2.75) is 65.0 Å². The van der Waals surface area contributed by atoms with E-state index < -0.39 is 0 Å². The molecule has 2 heteroatoms. The zero-order chi connectivity index (χ0) is 14.4. The van der Waals surface area contributed by atoms with E-state index in [4.69, 9.17) is 4.74 Å². The smallest absolute Gasteiger partial charge is 0.0665 e. The van der Waals surface area contributed by atoms with E-state index in [2.05, 4.69) is 44.3 Å². The van der Waals surface area contributed by atoms with Crippen molar-refractivity contribution in [3.05, 3.63) is 34.9 Å². The summed E-state index contributed by atoms with van der Waals surface area (Å²) in [5, 5.41) is 3.64. The van der Waals surface area contributed by atoms with Crippen LogP contribution in [0.2, 0.25) is 0 Å². The van der Waals surface area contributed by atoms with Crippen LogP contribution in [-0.4, -0.2) is 19.3 Å². The number of rotatable bonds is 7. The van der Waals surface area contributed by atoms with Gasteiger partial charge in [-0.3, -0.25) is 0 Å². The summed E-state index contributed by atoms with van der Waals surface area (Å²) < 4.78 is 6.14. The lowest BCUT2D eigenvalue weighted by Crippen LogP contribution is -2.28. The molecule has 1 aliphatic rings. The molecule has 0 aliphatic heterocycles. The molecular weight excluding hydrogens is 246 g/mol. The third-order valence-electron chi connectivity index (χ3n) is 4.24. The maximum atomic E-state index is 6.14. The Bertz CT molecular complexity index is 410. The predicted octanol–water partition coefficient (Wildman–Crippen LogP) is 4.30. The summed E-state index contributed by atoms with van der Waals surface area (Å²) in [6, 6.07) is 7.07. The number of aryl methyl sites for hydroxylation is 2. The molecule has 1 fully saturated rings. The Hall–Kier alpha value is -0.860. The van der Waals surface area contributed by atoms with Crippen LogP contribution in [0, 0.1) is 13.8 Å². The van der Waals surface area contributed by atoms with Gasteiger partial charge in [0.2, 0.25) is 0 Å². The zero-order valence-electron chi connectivity index (χ0n) is 13.2. The fraction of sp³-hybridized carbons (Fsp3) is 0.667. The van der Waals surface area contributed by atoms with Gasteiger partial charge in [0.05, 0.1) is 18.8 Å². The van der Waals surface area contributed by atoms with Gasteiger partial charge < -0.3 is 10.1 Å². The van der Waals surface area contributed by atoms with Crippen molar-refractivity contribution < 1.29 is 4.74 Å². The van der Waals surface area contributed by atoms with Crippen molar-refractivity contribution in [1.29, 1.82) is 0 Å². The normalized spacial score (nSPS) is 17.6. The van der Waals surface area contributed by atoms with Gasteiger partial charge in [-0.1, -0.05) is 43.5 Å². The Kier molecular flexibility index (Phi) is 6.06. The first-order chi connectivity index (χ1) is 9.70. The molecule has 1 aliphatic carbocycles. The van der Waals surface area contributed by atoms with Crippen LogP contribution in [0.25, 0.3) is 0 Å². The van der Waals surface area contributed by atoms with Gasteiger partial charge in [-0.25, -0.2) is 0 Å². The fourth-order valence-corrected chi connectivity index (χ4v) is 3.08. The third-order valence-corrected chi connectivity index (χ3v) is 4.24. The van der Waals surface area contributed by atoms with Gasteiger partial charge in [-0.05, 0) is 50.8 Å². The largest absolute Gasteiger partial charge is 0.376 e. The molecule has 1 unspecified atom stereocenters. The second-order valence-electron chi connectivity index (χ2n) is 6.11. The minimum Gasteiger partial charge on any atom is -0.376 e. The predicted molar refractivity (Wildman–Crippen MR) is 85.2 cm³/mol. The highest BCUT2D eigenvalue weighted by atomic mass is 16.5. The van der Waals surface area contributed by atoms with Gasteiger partial charge in [0, 0.05) is 0 Å². The van der Waals surface area contributed by atoms with Gasteiger partial charge in [-0.15, -0.1) is 0 Å². The van der Waals surface area contributed by atoms with E-state index in [1.165, 1.54) is 42.4 Å². The lowest BCUT2D eigenvalue weighted by Gasteiger charge is -2.23. The lowest BCUT2D eigenvalue weighted by atomic mass is 9.99. The topological polar surface area (TPSA) is 21.3 Å². The Morgan fingerprint density at radius 3 is 2.65 bits per heavy atom. The molecule has 2 rings (SSSR count). The molecular formula is C18H29NO. The van der Waals surface area contributed by atoms with Gasteiger partial charge in [-0.2, -0.15) is 0 Å². The summed E-state index contributed by atoms with van der Waals surface area (Å²) in [5.74, 6) is 0. The minimum atomic E-state index is 0.330. The number of hydrogen-bond donors (Lipinski definition) is 1. The van der Waals surface area contributed by atoms with Crippen LogP contribution in [0.1, 0.15) is 61.8 Å². The summed E-state index contributed by atoms with van der Waals surface area (Å²) in [7, 11) is 0.